The maximum atomic E-state index is 11.9. The summed E-state index contributed by atoms with van der Waals surface area (Å²) in [6.45, 7) is 12.2. The molecule has 25 heavy (non-hydrogen) atoms. The van der Waals surface area contributed by atoms with Gasteiger partial charge in [-0.3, -0.25) is 9.80 Å². The van der Waals surface area contributed by atoms with Gasteiger partial charge in [0.15, 0.2) is 0 Å². The second-order valence-electron chi connectivity index (χ2n) is 7.79. The summed E-state index contributed by atoms with van der Waals surface area (Å²) in [7, 11) is 2.18. The predicted molar refractivity (Wildman–Crippen MR) is 104 cm³/mol. The summed E-state index contributed by atoms with van der Waals surface area (Å²) in [5.74, 6) is 0.453. The Morgan fingerprint density at radius 3 is 2.52 bits per heavy atom. The molecule has 1 aromatic carbocycles. The summed E-state index contributed by atoms with van der Waals surface area (Å²) in [6.07, 6.45) is 0.948. The molecule has 1 saturated heterocycles. The van der Waals surface area contributed by atoms with Crippen molar-refractivity contribution in [2.24, 2.45) is 0 Å². The molecule has 2 amide bonds. The third-order valence-corrected chi connectivity index (χ3v) is 5.34. The summed E-state index contributed by atoms with van der Waals surface area (Å²) in [4.78, 5) is 16.8. The molecule has 5 heteroatoms. The second kappa shape index (κ2) is 9.20. The molecule has 0 aliphatic carbocycles. The Morgan fingerprint density at radius 2 is 1.84 bits per heavy atom. The molecule has 0 bridgehead atoms. The van der Waals surface area contributed by atoms with Crippen LogP contribution in [0.5, 0.6) is 0 Å². The van der Waals surface area contributed by atoms with Gasteiger partial charge in [0.1, 0.15) is 0 Å². The average molecular weight is 347 g/mol. The van der Waals surface area contributed by atoms with Crippen molar-refractivity contribution in [2.45, 2.75) is 38.6 Å². The van der Waals surface area contributed by atoms with Crippen LogP contribution in [0.3, 0.4) is 0 Å². The summed E-state index contributed by atoms with van der Waals surface area (Å²) in [5, 5.41) is 5.94. The first kappa shape index (κ1) is 19.7. The van der Waals surface area contributed by atoms with Gasteiger partial charge in [-0.1, -0.05) is 37.3 Å². The molecule has 1 fully saturated rings. The van der Waals surface area contributed by atoms with E-state index in [1.807, 2.05) is 6.07 Å². The van der Waals surface area contributed by atoms with Crippen LogP contribution in [0, 0.1) is 0 Å². The van der Waals surface area contributed by atoms with Crippen LogP contribution >= 0.6 is 0 Å². The lowest BCUT2D eigenvalue weighted by molar-refractivity contribution is 0.0410. The topological polar surface area (TPSA) is 47.6 Å². The molecular formula is C20H34N4O. The first-order chi connectivity index (χ1) is 11.9. The Bertz CT molecular complexity index is 532. The molecule has 140 valence electrons. The Labute approximate surface area is 152 Å². The highest BCUT2D eigenvalue weighted by Gasteiger charge is 2.30. The van der Waals surface area contributed by atoms with Crippen molar-refractivity contribution in [3.63, 3.8) is 0 Å². The number of carbonyl (C=O) groups excluding carboxylic acids is 1. The van der Waals surface area contributed by atoms with E-state index in [2.05, 4.69) is 72.5 Å². The van der Waals surface area contributed by atoms with Crippen molar-refractivity contribution >= 4 is 6.03 Å². The molecule has 0 saturated carbocycles. The van der Waals surface area contributed by atoms with Gasteiger partial charge >= 0.3 is 6.03 Å². The van der Waals surface area contributed by atoms with Crippen LogP contribution in [0.4, 0.5) is 4.79 Å². The quantitative estimate of drug-likeness (QED) is 0.797. The van der Waals surface area contributed by atoms with E-state index >= 15 is 0 Å². The van der Waals surface area contributed by atoms with Gasteiger partial charge < -0.3 is 10.6 Å². The summed E-state index contributed by atoms with van der Waals surface area (Å²) >= 11 is 0. The van der Waals surface area contributed by atoms with Crippen LogP contribution in [0.1, 0.15) is 38.7 Å². The van der Waals surface area contributed by atoms with E-state index in [0.29, 0.717) is 19.0 Å². The predicted octanol–water partition coefficient (Wildman–Crippen LogP) is 2.51. The molecule has 0 unspecified atom stereocenters. The third kappa shape index (κ3) is 6.33. The van der Waals surface area contributed by atoms with Crippen molar-refractivity contribution in [2.75, 3.05) is 46.3 Å². The molecule has 0 spiro atoms. The number of hydrogen-bond donors (Lipinski definition) is 2. The number of benzene rings is 1. The largest absolute Gasteiger partial charge is 0.338 e. The number of urea groups is 1. The minimum atomic E-state index is -0.0614. The minimum absolute atomic E-state index is 0.0614. The standard InChI is InChI=1S/C20H34N4O/c1-17(18-8-6-5-7-9-18)10-11-21-19(25)22-12-13-24-15-14-23(4)20(2,3)16-24/h5-9,17H,10-16H2,1-4H3,(H2,21,22,25)/t17-/m0/s1. The lowest BCUT2D eigenvalue weighted by Crippen LogP contribution is -2.58. The number of nitrogens with one attached hydrogen (secondary N) is 2. The zero-order valence-electron chi connectivity index (χ0n) is 16.2. The number of likely N-dealkylation sites (N-methyl/N-ethyl adjacent to an activating group) is 1. The Hall–Kier alpha value is -1.59. The Balaban J connectivity index is 1.58. The molecule has 1 atom stereocenters. The monoisotopic (exact) mass is 346 g/mol. The number of rotatable bonds is 7. The number of nitrogens with zero attached hydrogens (tertiary/aromatic N) is 2. The molecule has 1 aliphatic heterocycles. The van der Waals surface area contributed by atoms with Crippen molar-refractivity contribution < 1.29 is 4.79 Å². The molecule has 1 heterocycles. The van der Waals surface area contributed by atoms with E-state index in [4.69, 9.17) is 0 Å². The van der Waals surface area contributed by atoms with Crippen molar-refractivity contribution in [3.8, 4) is 0 Å². The van der Waals surface area contributed by atoms with Crippen molar-refractivity contribution in [1.29, 1.82) is 0 Å². The Kier molecular flexibility index (Phi) is 7.26. The summed E-state index contributed by atoms with van der Waals surface area (Å²) in [6, 6.07) is 10.4. The first-order valence-corrected chi connectivity index (χ1v) is 9.39. The first-order valence-electron chi connectivity index (χ1n) is 9.39. The number of carbonyl (C=O) groups is 1. The molecule has 0 radical (unpaired) electrons. The summed E-state index contributed by atoms with van der Waals surface area (Å²) in [5.41, 5.74) is 1.52. The minimum Gasteiger partial charge on any atom is -0.338 e. The fraction of sp³-hybridized carbons (Fsp3) is 0.650. The second-order valence-corrected chi connectivity index (χ2v) is 7.79. The number of piperazine rings is 1. The molecule has 0 aromatic heterocycles. The SMILES string of the molecule is C[C@@H](CCNC(=O)NCCN1CCN(C)C(C)(C)C1)c1ccccc1. The fourth-order valence-electron chi connectivity index (χ4n) is 3.27. The number of amides is 2. The maximum absolute atomic E-state index is 11.9. The van der Waals surface area contributed by atoms with Crippen LogP contribution in [0.25, 0.3) is 0 Å². The van der Waals surface area contributed by atoms with Crippen LogP contribution in [0.2, 0.25) is 0 Å². The van der Waals surface area contributed by atoms with Gasteiger partial charge in [0, 0.05) is 44.8 Å². The van der Waals surface area contributed by atoms with Crippen molar-refractivity contribution in [3.05, 3.63) is 35.9 Å². The van der Waals surface area contributed by atoms with E-state index in [9.17, 15) is 4.79 Å². The average Bonchev–Trinajstić information content (AvgIpc) is 2.58. The normalized spacial score (nSPS) is 19.4. The molecular weight excluding hydrogens is 312 g/mol. The van der Waals surface area contributed by atoms with Gasteiger partial charge in [-0.25, -0.2) is 4.79 Å². The van der Waals surface area contributed by atoms with Gasteiger partial charge in [0.2, 0.25) is 0 Å². The molecule has 5 nitrogen and oxygen atoms in total. The van der Waals surface area contributed by atoms with E-state index in [-0.39, 0.29) is 11.6 Å². The van der Waals surface area contributed by atoms with Crippen LogP contribution in [0.15, 0.2) is 30.3 Å². The van der Waals surface area contributed by atoms with Gasteiger partial charge in [-0.15, -0.1) is 0 Å². The van der Waals surface area contributed by atoms with E-state index < -0.39 is 0 Å². The molecule has 2 rings (SSSR count). The Morgan fingerprint density at radius 1 is 1.16 bits per heavy atom. The molecule has 1 aliphatic rings. The van der Waals surface area contributed by atoms with E-state index in [1.165, 1.54) is 5.56 Å². The van der Waals surface area contributed by atoms with Crippen molar-refractivity contribution in [1.82, 2.24) is 20.4 Å². The van der Waals surface area contributed by atoms with Crippen LogP contribution < -0.4 is 10.6 Å². The highest BCUT2D eigenvalue weighted by Crippen LogP contribution is 2.18. The lowest BCUT2D eigenvalue weighted by Gasteiger charge is -2.45. The third-order valence-electron chi connectivity index (χ3n) is 5.34. The maximum Gasteiger partial charge on any atom is 0.314 e. The number of hydrogen-bond acceptors (Lipinski definition) is 3. The summed E-state index contributed by atoms with van der Waals surface area (Å²) < 4.78 is 0. The van der Waals surface area contributed by atoms with Gasteiger partial charge in [-0.2, -0.15) is 0 Å². The van der Waals surface area contributed by atoms with Gasteiger partial charge in [-0.05, 0) is 38.8 Å². The fourth-order valence-corrected chi connectivity index (χ4v) is 3.27. The van der Waals surface area contributed by atoms with Gasteiger partial charge in [0.05, 0.1) is 0 Å². The molecule has 2 N–H and O–H groups in total. The van der Waals surface area contributed by atoms with Gasteiger partial charge in [0.25, 0.3) is 0 Å². The highest BCUT2D eigenvalue weighted by atomic mass is 16.2. The van der Waals surface area contributed by atoms with Crippen LogP contribution in [-0.2, 0) is 0 Å². The van der Waals surface area contributed by atoms with Crippen LogP contribution in [-0.4, -0.2) is 67.7 Å². The van der Waals surface area contributed by atoms with E-state index in [1.54, 1.807) is 0 Å². The lowest BCUT2D eigenvalue weighted by atomic mass is 9.98. The van der Waals surface area contributed by atoms with E-state index in [0.717, 1.165) is 32.6 Å². The zero-order valence-corrected chi connectivity index (χ0v) is 16.2. The zero-order chi connectivity index (χ0) is 18.3. The molecule has 1 aromatic rings. The smallest absolute Gasteiger partial charge is 0.314 e. The highest BCUT2D eigenvalue weighted by molar-refractivity contribution is 5.73.